The van der Waals surface area contributed by atoms with Gasteiger partial charge in [-0.1, -0.05) is 30.3 Å². The second kappa shape index (κ2) is 9.09. The molecule has 0 aliphatic heterocycles. The average molecular weight is 524 g/mol. The van der Waals surface area contributed by atoms with Crippen LogP contribution in [0.2, 0.25) is 0 Å². The number of aliphatic hydroxyl groups excluding tert-OH is 1. The Labute approximate surface area is 165 Å². The first-order valence-corrected chi connectivity index (χ1v) is 7.92. The van der Waals surface area contributed by atoms with Gasteiger partial charge in [-0.25, -0.2) is 4.57 Å². The third kappa shape index (κ3) is 4.45. The molecule has 1 radical (unpaired) electrons. The predicted molar refractivity (Wildman–Crippen MR) is 101 cm³/mol. The van der Waals surface area contributed by atoms with Crippen molar-refractivity contribution in [2.24, 2.45) is 0 Å². The monoisotopic (exact) mass is 524 g/mol. The van der Waals surface area contributed by atoms with Crippen molar-refractivity contribution in [3.05, 3.63) is 91.3 Å². The number of fused-ring (bicyclic) bond motifs is 1. The van der Waals surface area contributed by atoms with Gasteiger partial charge in [0.2, 0.25) is 0 Å². The molecule has 0 saturated heterocycles. The molecule has 3 aromatic carbocycles. The molecule has 0 aliphatic carbocycles. The van der Waals surface area contributed by atoms with Gasteiger partial charge in [-0.05, 0) is 12.1 Å². The van der Waals surface area contributed by atoms with Gasteiger partial charge in [-0.3, -0.25) is 0 Å². The molecule has 5 heteroatoms. The molecule has 4 rings (SSSR count). The maximum atomic E-state index is 7.53. The first-order chi connectivity index (χ1) is 12.2. The summed E-state index contributed by atoms with van der Waals surface area (Å²) in [4.78, 5) is 7.53. The molecule has 4 aromatic rings. The molecule has 1 aromatic heterocycles. The summed E-state index contributed by atoms with van der Waals surface area (Å²) >= 11 is 0. The molecule has 26 heavy (non-hydrogen) atoms. The Morgan fingerprint density at radius 2 is 1.42 bits per heavy atom. The molecule has 0 amide bonds. The fourth-order valence-corrected chi connectivity index (χ4v) is 2.63. The van der Waals surface area contributed by atoms with E-state index >= 15 is 0 Å². The van der Waals surface area contributed by atoms with Crippen molar-refractivity contribution in [1.29, 1.82) is 0 Å². The van der Waals surface area contributed by atoms with Gasteiger partial charge < -0.3 is 9.90 Å². The van der Waals surface area contributed by atoms with E-state index in [0.717, 1.165) is 11.4 Å². The van der Waals surface area contributed by atoms with Crippen LogP contribution in [0.25, 0.3) is 22.4 Å². The van der Waals surface area contributed by atoms with Crippen molar-refractivity contribution in [1.82, 2.24) is 9.13 Å². The van der Waals surface area contributed by atoms with Crippen LogP contribution >= 0.6 is 0 Å². The Morgan fingerprint density at radius 3 is 2.00 bits per heavy atom. The number of rotatable bonds is 2. The number of imidazole rings is 1. The van der Waals surface area contributed by atoms with E-state index in [4.69, 9.17) is 9.90 Å². The molecule has 1 heterocycles. The van der Waals surface area contributed by atoms with Gasteiger partial charge in [0.1, 0.15) is 5.69 Å². The fourth-order valence-electron chi connectivity index (χ4n) is 2.63. The zero-order valence-electron chi connectivity index (χ0n) is 14.2. The standard InChI is InChI=1S/C19H14N2.C2H4O2.Ir/c1-3-9-16(10-4-1)20-15-21(17-11-5-2-6-12-17)19-14-8-7-13-18(19)20;1-2(3)4;/h1-11,13-15H;1H3,(H,3,4);/p+1. The van der Waals surface area contributed by atoms with E-state index in [1.807, 2.05) is 24.3 Å². The summed E-state index contributed by atoms with van der Waals surface area (Å²) in [5.74, 6) is -0.583. The van der Waals surface area contributed by atoms with Crippen LogP contribution in [0.5, 0.6) is 0 Å². The van der Waals surface area contributed by atoms with E-state index in [1.165, 1.54) is 18.0 Å². The SMILES string of the molecule is CC(O)=[OH+].[Ir].[c-]1ccccc1-n1[cH+]n(-c2ccccc2)c2ccccc21. The maximum Gasteiger partial charge on any atom is 0.477 e. The number of benzene rings is 3. The Hall–Kier alpha value is -2.75. The quantitative estimate of drug-likeness (QED) is 0.304. The van der Waals surface area contributed by atoms with Gasteiger partial charge in [0, 0.05) is 37.9 Å². The Morgan fingerprint density at radius 1 is 0.885 bits per heavy atom. The molecule has 2 N–H and O–H groups in total. The van der Waals surface area contributed by atoms with Crippen LogP contribution in [0, 0.1) is 6.07 Å². The van der Waals surface area contributed by atoms with Crippen LogP contribution in [0.4, 0.5) is 0 Å². The average Bonchev–Trinajstić information content (AvgIpc) is 3.02. The minimum absolute atomic E-state index is 0. The number of nitrogens with zero attached hydrogens (tertiary/aromatic N) is 2. The maximum absolute atomic E-state index is 7.53. The Balaban J connectivity index is 0.000000444. The molecule has 0 saturated carbocycles. The van der Waals surface area contributed by atoms with Crippen molar-refractivity contribution in [3.63, 3.8) is 0 Å². The number of carboxylic acid groups (broad SMARTS) is 1. The summed E-state index contributed by atoms with van der Waals surface area (Å²) in [6.07, 6.45) is 2.12. The van der Waals surface area contributed by atoms with Gasteiger partial charge >= 0.3 is 5.97 Å². The van der Waals surface area contributed by atoms with E-state index in [9.17, 15) is 0 Å². The van der Waals surface area contributed by atoms with E-state index in [-0.39, 0.29) is 20.1 Å². The summed E-state index contributed by atoms with van der Waals surface area (Å²) in [6.45, 7) is 1.19. The van der Waals surface area contributed by atoms with Crippen LogP contribution in [0.1, 0.15) is 6.92 Å². The minimum Gasteiger partial charge on any atom is -0.339 e. The van der Waals surface area contributed by atoms with Gasteiger partial charge in [0.05, 0.1) is 6.92 Å². The molecular formula is C21H19IrN2O2+. The summed E-state index contributed by atoms with van der Waals surface area (Å²) < 4.78 is 4.37. The predicted octanol–water partition coefficient (Wildman–Crippen LogP) is 4.57. The molecule has 0 bridgehead atoms. The summed E-state index contributed by atoms with van der Waals surface area (Å²) in [6, 6.07) is 30.1. The molecule has 0 aliphatic rings. The number of carboxylic acids is 1. The molecule has 0 unspecified atom stereocenters. The second-order valence-electron chi connectivity index (χ2n) is 5.47. The van der Waals surface area contributed by atoms with Crippen LogP contribution in [-0.2, 0) is 20.1 Å². The third-order valence-electron chi connectivity index (χ3n) is 3.62. The molecule has 4 nitrogen and oxygen atoms in total. The molecule has 133 valence electrons. The number of aliphatic carboxylic acids is 1. The van der Waals surface area contributed by atoms with Crippen LogP contribution in [0.15, 0.2) is 85.2 Å². The van der Waals surface area contributed by atoms with E-state index in [2.05, 4.69) is 76.1 Å². The zero-order chi connectivity index (χ0) is 17.6. The Bertz CT molecular complexity index is 905. The van der Waals surface area contributed by atoms with Crippen molar-refractivity contribution < 1.29 is 30.0 Å². The van der Waals surface area contributed by atoms with E-state index in [0.29, 0.717) is 0 Å². The van der Waals surface area contributed by atoms with Crippen molar-refractivity contribution in [2.75, 3.05) is 0 Å². The summed E-state index contributed by atoms with van der Waals surface area (Å²) in [7, 11) is 0. The molecule has 0 spiro atoms. The first kappa shape index (κ1) is 19.6. The van der Waals surface area contributed by atoms with E-state index < -0.39 is 5.97 Å². The molecular weight excluding hydrogens is 504 g/mol. The van der Waals surface area contributed by atoms with Gasteiger partial charge in [-0.2, -0.15) is 22.8 Å². The summed E-state index contributed by atoms with van der Waals surface area (Å²) in [5, 5.41) is 7.53. The largest absolute Gasteiger partial charge is 0.477 e. The Kier molecular flexibility index (Phi) is 6.84. The summed E-state index contributed by atoms with van der Waals surface area (Å²) in [5.41, 5.74) is 4.55. The third-order valence-corrected chi connectivity index (χ3v) is 3.62. The van der Waals surface area contributed by atoms with Gasteiger partial charge in [-0.15, -0.1) is 12.1 Å². The van der Waals surface area contributed by atoms with Crippen LogP contribution in [-0.4, -0.2) is 25.0 Å². The normalized spacial score (nSPS) is 9.73. The second-order valence-corrected chi connectivity index (χ2v) is 5.47. The van der Waals surface area contributed by atoms with Crippen molar-refractivity contribution in [2.45, 2.75) is 6.92 Å². The number of hydrogen-bond donors (Lipinski definition) is 1. The van der Waals surface area contributed by atoms with Crippen molar-refractivity contribution in [3.8, 4) is 11.4 Å². The van der Waals surface area contributed by atoms with Gasteiger partial charge in [0.15, 0.2) is 17.4 Å². The smallest absolute Gasteiger partial charge is 0.339 e. The number of aromatic nitrogens is 2. The molecule has 0 atom stereocenters. The van der Waals surface area contributed by atoms with Crippen molar-refractivity contribution >= 4 is 17.0 Å². The van der Waals surface area contributed by atoms with Gasteiger partial charge in [0.25, 0.3) is 0 Å². The number of hydrogen-bond acceptors (Lipinski definition) is 0. The topological polar surface area (TPSA) is 51.5 Å². The fraction of sp³-hybridized carbons (Fsp3) is 0.0476. The zero-order valence-corrected chi connectivity index (χ0v) is 16.6. The van der Waals surface area contributed by atoms with Crippen LogP contribution in [0.3, 0.4) is 0 Å². The molecule has 0 fully saturated rings. The number of para-hydroxylation sites is 4. The minimum atomic E-state index is -0.583. The van der Waals surface area contributed by atoms with E-state index in [1.54, 1.807) is 0 Å². The van der Waals surface area contributed by atoms with Crippen LogP contribution < -0.4 is 0 Å². The first-order valence-electron chi connectivity index (χ1n) is 7.92.